The van der Waals surface area contributed by atoms with Crippen molar-refractivity contribution in [2.75, 3.05) is 43.5 Å². The van der Waals surface area contributed by atoms with Crippen molar-refractivity contribution >= 4 is 29.1 Å². The highest BCUT2D eigenvalue weighted by molar-refractivity contribution is 6.33. The number of anilines is 2. The van der Waals surface area contributed by atoms with E-state index in [9.17, 15) is 4.79 Å². The van der Waals surface area contributed by atoms with Crippen molar-refractivity contribution in [3.8, 4) is 11.3 Å². The summed E-state index contributed by atoms with van der Waals surface area (Å²) in [5, 5.41) is 10.2. The highest BCUT2D eigenvalue weighted by atomic mass is 35.5. The van der Waals surface area contributed by atoms with Crippen molar-refractivity contribution in [1.82, 2.24) is 15.3 Å². The molecule has 0 aliphatic carbocycles. The zero-order valence-electron chi connectivity index (χ0n) is 17.9. The number of carbonyl (C=O) groups is 1. The Morgan fingerprint density at radius 1 is 1.26 bits per heavy atom. The summed E-state index contributed by atoms with van der Waals surface area (Å²) >= 11 is 6.43. The average Bonchev–Trinajstić information content (AvgIpc) is 2.80. The molecule has 166 valence electrons. The number of carbonyl (C=O) groups excluding carboxylic acids is 1. The zero-order valence-corrected chi connectivity index (χ0v) is 18.6. The first kappa shape index (κ1) is 22.0. The molecule has 0 aromatic carbocycles. The molecular formula is C23H30ClN5O2. The molecule has 2 aromatic heterocycles. The van der Waals surface area contributed by atoms with Gasteiger partial charge in [0.05, 0.1) is 16.6 Å². The quantitative estimate of drug-likeness (QED) is 0.629. The highest BCUT2D eigenvalue weighted by Gasteiger charge is 2.25. The van der Waals surface area contributed by atoms with Crippen LogP contribution in [0.5, 0.6) is 0 Å². The second kappa shape index (κ2) is 10.4. The first-order valence-electron chi connectivity index (χ1n) is 11.0. The normalized spacial score (nSPS) is 22.1. The monoisotopic (exact) mass is 443 g/mol. The lowest BCUT2D eigenvalue weighted by atomic mass is 9.91. The fraction of sp³-hybridized carbons (Fsp3) is 0.522. The fourth-order valence-electron chi connectivity index (χ4n) is 4.17. The van der Waals surface area contributed by atoms with Gasteiger partial charge in [0.1, 0.15) is 11.6 Å². The van der Waals surface area contributed by atoms with Crippen LogP contribution in [0.3, 0.4) is 0 Å². The predicted octanol–water partition coefficient (Wildman–Crippen LogP) is 3.82. The van der Waals surface area contributed by atoms with E-state index in [1.54, 1.807) is 12.3 Å². The number of nitrogens with one attached hydrogen (secondary N) is 3. The van der Waals surface area contributed by atoms with E-state index in [4.69, 9.17) is 21.3 Å². The second-order valence-corrected chi connectivity index (χ2v) is 8.99. The lowest BCUT2D eigenvalue weighted by molar-refractivity contribution is -0.120. The van der Waals surface area contributed by atoms with Gasteiger partial charge in [0.15, 0.2) is 0 Å². The van der Waals surface area contributed by atoms with Crippen LogP contribution in [0.1, 0.15) is 26.2 Å². The van der Waals surface area contributed by atoms with Crippen LogP contribution >= 0.6 is 11.6 Å². The van der Waals surface area contributed by atoms with Crippen LogP contribution in [-0.2, 0) is 9.53 Å². The molecule has 0 spiro atoms. The summed E-state index contributed by atoms with van der Waals surface area (Å²) in [5.74, 6) is 2.32. The molecule has 2 aliphatic rings. The van der Waals surface area contributed by atoms with Gasteiger partial charge in [0.2, 0.25) is 5.91 Å². The summed E-state index contributed by atoms with van der Waals surface area (Å²) in [4.78, 5) is 21.7. The zero-order chi connectivity index (χ0) is 21.6. The Morgan fingerprint density at radius 2 is 2.10 bits per heavy atom. The SMILES string of the molecule is C[C@@H]1CNCC(C(=O)Nc2cc(-c3cccc(NCC4CCOCC4)n3)c(Cl)cn2)C1. The molecule has 2 saturated heterocycles. The fourth-order valence-corrected chi connectivity index (χ4v) is 4.37. The largest absolute Gasteiger partial charge is 0.381 e. The molecule has 0 bridgehead atoms. The summed E-state index contributed by atoms with van der Waals surface area (Å²) in [5.41, 5.74) is 1.49. The maximum atomic E-state index is 12.7. The number of halogens is 1. The Kier molecular flexibility index (Phi) is 7.37. The number of rotatable bonds is 6. The number of amides is 1. The molecule has 31 heavy (non-hydrogen) atoms. The third kappa shape index (κ3) is 5.93. The lowest BCUT2D eigenvalue weighted by Gasteiger charge is -2.26. The second-order valence-electron chi connectivity index (χ2n) is 8.58. The smallest absolute Gasteiger partial charge is 0.229 e. The minimum atomic E-state index is -0.0551. The molecule has 4 rings (SSSR count). The van der Waals surface area contributed by atoms with Gasteiger partial charge in [-0.2, -0.15) is 0 Å². The van der Waals surface area contributed by atoms with Gasteiger partial charge in [-0.1, -0.05) is 24.6 Å². The molecule has 2 aromatic rings. The van der Waals surface area contributed by atoms with Crippen LogP contribution in [-0.4, -0.2) is 48.7 Å². The van der Waals surface area contributed by atoms with E-state index in [0.29, 0.717) is 29.2 Å². The molecule has 2 atom stereocenters. The van der Waals surface area contributed by atoms with E-state index in [2.05, 4.69) is 27.9 Å². The number of pyridine rings is 2. The molecule has 3 N–H and O–H groups in total. The third-order valence-corrected chi connectivity index (χ3v) is 6.29. The van der Waals surface area contributed by atoms with Crippen LogP contribution in [0, 0.1) is 17.8 Å². The van der Waals surface area contributed by atoms with E-state index < -0.39 is 0 Å². The average molecular weight is 444 g/mol. The van der Waals surface area contributed by atoms with Crippen LogP contribution < -0.4 is 16.0 Å². The van der Waals surface area contributed by atoms with Crippen molar-refractivity contribution in [3.05, 3.63) is 35.5 Å². The number of hydrogen-bond donors (Lipinski definition) is 3. The third-order valence-electron chi connectivity index (χ3n) is 5.99. The Bertz CT molecular complexity index is 903. The van der Waals surface area contributed by atoms with Gasteiger partial charge in [-0.05, 0) is 55.8 Å². The number of nitrogens with zero attached hydrogens (tertiary/aromatic N) is 2. The van der Waals surface area contributed by atoms with E-state index >= 15 is 0 Å². The first-order chi connectivity index (χ1) is 15.1. The van der Waals surface area contributed by atoms with Crippen molar-refractivity contribution in [2.45, 2.75) is 26.2 Å². The van der Waals surface area contributed by atoms with Crippen LogP contribution in [0.4, 0.5) is 11.6 Å². The molecule has 7 nitrogen and oxygen atoms in total. The molecule has 8 heteroatoms. The maximum absolute atomic E-state index is 12.7. The maximum Gasteiger partial charge on any atom is 0.229 e. The molecule has 2 aliphatic heterocycles. The van der Waals surface area contributed by atoms with Gasteiger partial charge in [-0.15, -0.1) is 0 Å². The number of hydrogen-bond acceptors (Lipinski definition) is 6. The summed E-state index contributed by atoms with van der Waals surface area (Å²) in [6.45, 7) is 6.34. The van der Waals surface area contributed by atoms with E-state index in [1.165, 1.54) is 0 Å². The van der Waals surface area contributed by atoms with E-state index in [-0.39, 0.29) is 11.8 Å². The summed E-state index contributed by atoms with van der Waals surface area (Å²) in [7, 11) is 0. The number of ether oxygens (including phenoxy) is 1. The Balaban J connectivity index is 1.44. The summed E-state index contributed by atoms with van der Waals surface area (Å²) in [6, 6.07) is 7.63. The molecule has 0 radical (unpaired) electrons. The molecule has 1 amide bonds. The molecule has 4 heterocycles. The van der Waals surface area contributed by atoms with Crippen LogP contribution in [0.25, 0.3) is 11.3 Å². The van der Waals surface area contributed by atoms with Gasteiger partial charge < -0.3 is 20.7 Å². The van der Waals surface area contributed by atoms with E-state index in [1.807, 2.05) is 18.2 Å². The first-order valence-corrected chi connectivity index (χ1v) is 11.4. The predicted molar refractivity (Wildman–Crippen MR) is 123 cm³/mol. The van der Waals surface area contributed by atoms with Crippen molar-refractivity contribution in [2.24, 2.45) is 17.8 Å². The van der Waals surface area contributed by atoms with Crippen molar-refractivity contribution in [3.63, 3.8) is 0 Å². The highest BCUT2D eigenvalue weighted by Crippen LogP contribution is 2.29. The number of piperidine rings is 1. The van der Waals surface area contributed by atoms with Gasteiger partial charge in [0, 0.05) is 38.1 Å². The summed E-state index contributed by atoms with van der Waals surface area (Å²) in [6.07, 6.45) is 4.59. The van der Waals surface area contributed by atoms with E-state index in [0.717, 1.165) is 62.6 Å². The minimum Gasteiger partial charge on any atom is -0.381 e. The molecule has 1 unspecified atom stereocenters. The lowest BCUT2D eigenvalue weighted by Crippen LogP contribution is -2.41. The molecular weight excluding hydrogens is 414 g/mol. The molecule has 0 saturated carbocycles. The Hall–Kier alpha value is -2.22. The van der Waals surface area contributed by atoms with Gasteiger partial charge in [-0.3, -0.25) is 4.79 Å². The number of aromatic nitrogens is 2. The topological polar surface area (TPSA) is 88.2 Å². The molecule has 2 fully saturated rings. The van der Waals surface area contributed by atoms with Crippen molar-refractivity contribution in [1.29, 1.82) is 0 Å². The standard InChI is InChI=1S/C23H30ClN5O2/c1-15-9-17(13-25-11-15)23(30)29-22-10-18(19(24)14-27-22)20-3-2-4-21(28-20)26-12-16-5-7-31-8-6-16/h2-4,10,14-17,25H,5-9,11-13H2,1H3,(H,26,28)(H,27,29,30)/t15-,17?/m0/s1. The Labute approximate surface area is 188 Å². The summed E-state index contributed by atoms with van der Waals surface area (Å²) < 4.78 is 5.43. The van der Waals surface area contributed by atoms with Crippen LogP contribution in [0.15, 0.2) is 30.5 Å². The minimum absolute atomic E-state index is 0.0142. The van der Waals surface area contributed by atoms with Gasteiger partial charge in [-0.25, -0.2) is 9.97 Å². The van der Waals surface area contributed by atoms with Crippen molar-refractivity contribution < 1.29 is 9.53 Å². The Morgan fingerprint density at radius 3 is 2.90 bits per heavy atom. The van der Waals surface area contributed by atoms with Gasteiger partial charge in [0.25, 0.3) is 0 Å². The van der Waals surface area contributed by atoms with Gasteiger partial charge >= 0.3 is 0 Å². The van der Waals surface area contributed by atoms with Crippen LogP contribution in [0.2, 0.25) is 5.02 Å².